The van der Waals surface area contributed by atoms with E-state index in [9.17, 15) is 19.6 Å². The fourth-order valence-corrected chi connectivity index (χ4v) is 3.47. The van der Waals surface area contributed by atoms with Crippen molar-refractivity contribution in [3.05, 3.63) is 71.0 Å². The van der Waals surface area contributed by atoms with E-state index in [4.69, 9.17) is 0 Å². The summed E-state index contributed by atoms with van der Waals surface area (Å²) in [5.41, 5.74) is 1.90. The average Bonchev–Trinajstić information content (AvgIpc) is 2.67. The molecule has 0 bridgehead atoms. The largest absolute Gasteiger partial charge is 0.394 e. The topological polar surface area (TPSA) is 64.3 Å². The molecule has 1 aliphatic rings. The van der Waals surface area contributed by atoms with Gasteiger partial charge in [0.25, 0.3) is 5.91 Å². The molecule has 1 aliphatic heterocycles. The lowest BCUT2D eigenvalue weighted by Crippen LogP contribution is -2.65. The summed E-state index contributed by atoms with van der Waals surface area (Å²) < 4.78 is 13.5. The minimum Gasteiger partial charge on any atom is -0.394 e. The number of carbonyl (C=O) groups is 1. The molecule has 1 saturated heterocycles. The SMILES string of the molecule is CC(C)C#Cc1ccc([C@@H]2[C@@H](C#N)N(C(=O)c3cccc(F)c3)[C@@H]2CO)cc1. The van der Waals surface area contributed by atoms with E-state index in [-0.39, 0.29) is 24.0 Å². The summed E-state index contributed by atoms with van der Waals surface area (Å²) in [6.07, 6.45) is 0. The molecule has 3 rings (SSSR count). The van der Waals surface area contributed by atoms with E-state index in [0.29, 0.717) is 0 Å². The second kappa shape index (κ2) is 8.25. The molecule has 0 aromatic heterocycles. The Hall–Kier alpha value is -3.15. The van der Waals surface area contributed by atoms with Gasteiger partial charge < -0.3 is 10.0 Å². The Bertz CT molecular complexity index is 967. The highest BCUT2D eigenvalue weighted by atomic mass is 19.1. The summed E-state index contributed by atoms with van der Waals surface area (Å²) in [7, 11) is 0. The van der Waals surface area contributed by atoms with E-state index in [2.05, 4.69) is 17.9 Å². The number of hydrogen-bond acceptors (Lipinski definition) is 3. The van der Waals surface area contributed by atoms with Gasteiger partial charge in [-0.1, -0.05) is 43.9 Å². The molecule has 142 valence electrons. The van der Waals surface area contributed by atoms with Crippen LogP contribution in [0.25, 0.3) is 0 Å². The summed E-state index contributed by atoms with van der Waals surface area (Å²) in [4.78, 5) is 14.1. The molecule has 2 aromatic carbocycles. The zero-order chi connectivity index (χ0) is 20.3. The molecule has 4 nitrogen and oxygen atoms in total. The molecule has 1 N–H and O–H groups in total. The highest BCUT2D eigenvalue weighted by molar-refractivity contribution is 5.95. The first-order chi connectivity index (χ1) is 13.5. The van der Waals surface area contributed by atoms with Crippen molar-refractivity contribution in [3.63, 3.8) is 0 Å². The molecule has 5 heteroatoms. The lowest BCUT2D eigenvalue weighted by Gasteiger charge is -2.51. The van der Waals surface area contributed by atoms with Crippen LogP contribution in [0.4, 0.5) is 4.39 Å². The fraction of sp³-hybridized carbons (Fsp3) is 0.304. The maximum atomic E-state index is 13.5. The van der Waals surface area contributed by atoms with Crippen molar-refractivity contribution in [2.75, 3.05) is 6.61 Å². The van der Waals surface area contributed by atoms with Crippen molar-refractivity contribution in [1.29, 1.82) is 5.26 Å². The van der Waals surface area contributed by atoms with Gasteiger partial charge in [-0.2, -0.15) is 5.26 Å². The summed E-state index contributed by atoms with van der Waals surface area (Å²) in [6.45, 7) is 3.76. The zero-order valence-electron chi connectivity index (χ0n) is 15.8. The summed E-state index contributed by atoms with van der Waals surface area (Å²) in [6, 6.07) is 13.8. The molecule has 0 saturated carbocycles. The molecule has 3 atom stereocenters. The van der Waals surface area contributed by atoms with Gasteiger partial charge in [0.05, 0.1) is 18.7 Å². The van der Waals surface area contributed by atoms with Crippen LogP contribution in [0.1, 0.15) is 41.3 Å². The highest BCUT2D eigenvalue weighted by Gasteiger charge is 2.51. The molecule has 1 fully saturated rings. The van der Waals surface area contributed by atoms with Crippen LogP contribution in [0.15, 0.2) is 48.5 Å². The molecule has 0 spiro atoms. The Morgan fingerprint density at radius 1 is 1.25 bits per heavy atom. The maximum Gasteiger partial charge on any atom is 0.255 e. The lowest BCUT2D eigenvalue weighted by atomic mass is 9.75. The lowest BCUT2D eigenvalue weighted by molar-refractivity contribution is -0.00588. The van der Waals surface area contributed by atoms with Crippen molar-refractivity contribution >= 4 is 5.91 Å². The number of hydrogen-bond donors (Lipinski definition) is 1. The number of carbonyl (C=O) groups excluding carboxylic acids is 1. The minimum absolute atomic E-state index is 0.163. The van der Waals surface area contributed by atoms with E-state index < -0.39 is 23.8 Å². The molecule has 2 aromatic rings. The number of rotatable bonds is 3. The normalized spacial score (nSPS) is 20.7. The summed E-state index contributed by atoms with van der Waals surface area (Å²) in [5, 5.41) is 19.5. The Balaban J connectivity index is 1.85. The molecule has 28 heavy (non-hydrogen) atoms. The number of halogens is 1. The number of nitrogens with zero attached hydrogens (tertiary/aromatic N) is 2. The number of benzene rings is 2. The summed E-state index contributed by atoms with van der Waals surface area (Å²) >= 11 is 0. The quantitative estimate of drug-likeness (QED) is 0.836. The van der Waals surface area contributed by atoms with Crippen molar-refractivity contribution in [3.8, 4) is 17.9 Å². The van der Waals surface area contributed by atoms with Crippen LogP contribution in [0.2, 0.25) is 0 Å². The van der Waals surface area contributed by atoms with Gasteiger partial charge >= 0.3 is 0 Å². The van der Waals surface area contributed by atoms with Crippen molar-refractivity contribution in [2.24, 2.45) is 5.92 Å². The monoisotopic (exact) mass is 376 g/mol. The third-order valence-electron chi connectivity index (χ3n) is 4.84. The molecular formula is C23H21FN2O2. The molecular weight excluding hydrogens is 355 g/mol. The van der Waals surface area contributed by atoms with E-state index in [1.165, 1.54) is 23.1 Å². The van der Waals surface area contributed by atoms with Gasteiger partial charge in [0.1, 0.15) is 11.9 Å². The number of aliphatic hydroxyl groups is 1. The van der Waals surface area contributed by atoms with Gasteiger partial charge in [-0.05, 0) is 35.9 Å². The number of nitriles is 1. The van der Waals surface area contributed by atoms with Crippen LogP contribution in [-0.2, 0) is 0 Å². The highest BCUT2D eigenvalue weighted by Crippen LogP contribution is 2.41. The van der Waals surface area contributed by atoms with Crippen molar-refractivity contribution in [1.82, 2.24) is 4.90 Å². The van der Waals surface area contributed by atoms with E-state index >= 15 is 0 Å². The number of amides is 1. The fourth-order valence-electron chi connectivity index (χ4n) is 3.47. The first-order valence-electron chi connectivity index (χ1n) is 9.16. The second-order valence-corrected chi connectivity index (χ2v) is 7.12. The first-order valence-corrected chi connectivity index (χ1v) is 9.16. The Kier molecular flexibility index (Phi) is 5.78. The van der Waals surface area contributed by atoms with Crippen LogP contribution in [0.5, 0.6) is 0 Å². The third-order valence-corrected chi connectivity index (χ3v) is 4.84. The minimum atomic E-state index is -0.722. The second-order valence-electron chi connectivity index (χ2n) is 7.12. The Morgan fingerprint density at radius 2 is 1.96 bits per heavy atom. The molecule has 0 unspecified atom stereocenters. The van der Waals surface area contributed by atoms with Crippen molar-refractivity contribution < 1.29 is 14.3 Å². The standard InChI is InChI=1S/C23H21FN2O2/c1-15(2)6-7-16-8-10-17(11-9-16)22-20(13-25)26(21(22)14-27)23(28)18-4-3-5-19(24)12-18/h3-5,8-12,15,20-22,27H,14H2,1-2H3/t20-,21-,22-/m1/s1. The van der Waals surface area contributed by atoms with Crippen LogP contribution in [0.3, 0.4) is 0 Å². The third kappa shape index (κ3) is 3.76. The van der Waals surface area contributed by atoms with Gasteiger partial charge in [-0.15, -0.1) is 0 Å². The molecule has 1 amide bonds. The van der Waals surface area contributed by atoms with Crippen LogP contribution < -0.4 is 0 Å². The maximum absolute atomic E-state index is 13.5. The van der Waals surface area contributed by atoms with Gasteiger partial charge in [-0.25, -0.2) is 4.39 Å². The first kappa shape index (κ1) is 19.6. The number of likely N-dealkylation sites (tertiary alicyclic amines) is 1. The Labute approximate surface area is 164 Å². The van der Waals surface area contributed by atoms with Crippen LogP contribution >= 0.6 is 0 Å². The van der Waals surface area contributed by atoms with E-state index in [0.717, 1.165) is 17.2 Å². The average molecular weight is 376 g/mol. The van der Waals surface area contributed by atoms with Crippen molar-refractivity contribution in [2.45, 2.75) is 31.8 Å². The van der Waals surface area contributed by atoms with Gasteiger partial charge in [0.15, 0.2) is 0 Å². The zero-order valence-corrected chi connectivity index (χ0v) is 15.8. The number of aliphatic hydroxyl groups excluding tert-OH is 1. The van der Waals surface area contributed by atoms with Gasteiger partial charge in [0, 0.05) is 23.0 Å². The van der Waals surface area contributed by atoms with Crippen LogP contribution in [-0.4, -0.2) is 34.6 Å². The predicted octanol–water partition coefficient (Wildman–Crippen LogP) is 3.33. The van der Waals surface area contributed by atoms with Crippen LogP contribution in [0, 0.1) is 34.9 Å². The van der Waals surface area contributed by atoms with E-state index in [1.807, 2.05) is 38.1 Å². The van der Waals surface area contributed by atoms with Gasteiger partial charge in [-0.3, -0.25) is 4.79 Å². The summed E-state index contributed by atoms with van der Waals surface area (Å²) in [5.74, 6) is 5.17. The van der Waals surface area contributed by atoms with Gasteiger partial charge in [0.2, 0.25) is 0 Å². The predicted molar refractivity (Wildman–Crippen MR) is 104 cm³/mol. The molecule has 0 aliphatic carbocycles. The van der Waals surface area contributed by atoms with E-state index in [1.54, 1.807) is 0 Å². The smallest absolute Gasteiger partial charge is 0.255 e. The molecule has 0 radical (unpaired) electrons. The molecule has 1 heterocycles. The Morgan fingerprint density at radius 3 is 2.54 bits per heavy atom.